The number of aromatic hydroxyl groups is 1. The zero-order valence-corrected chi connectivity index (χ0v) is 8.53. The van der Waals surface area contributed by atoms with E-state index >= 15 is 0 Å². The van der Waals surface area contributed by atoms with E-state index in [1.54, 1.807) is 26.1 Å². The third-order valence-corrected chi connectivity index (χ3v) is 2.36. The molecule has 0 spiro atoms. The van der Waals surface area contributed by atoms with E-state index in [1.807, 2.05) is 0 Å². The van der Waals surface area contributed by atoms with E-state index < -0.39 is 0 Å². The molecule has 4 heteroatoms. The van der Waals surface area contributed by atoms with Crippen LogP contribution in [0.25, 0.3) is 11.3 Å². The van der Waals surface area contributed by atoms with Crippen LogP contribution in [0.2, 0.25) is 0 Å². The Morgan fingerprint density at radius 2 is 1.87 bits per heavy atom. The van der Waals surface area contributed by atoms with Gasteiger partial charge in [-0.05, 0) is 31.2 Å². The van der Waals surface area contributed by atoms with Crippen molar-refractivity contribution in [1.29, 1.82) is 0 Å². The molecular weight excluding hydrogens is 195 g/mol. The summed E-state index contributed by atoms with van der Waals surface area (Å²) in [6.45, 7) is 1.78. The minimum atomic E-state index is -0.281. The molecule has 3 nitrogen and oxygen atoms in total. The lowest BCUT2D eigenvalue weighted by molar-refractivity contribution is 0.416. The zero-order valence-electron chi connectivity index (χ0n) is 8.53. The van der Waals surface area contributed by atoms with E-state index in [0.717, 1.165) is 5.56 Å². The standard InChI is InChI=1S/C11H11FN2O/c1-7-10(13-14(2)11(7)15)8-3-5-9(12)6-4-8/h3-6,15H,1-2H3. The summed E-state index contributed by atoms with van der Waals surface area (Å²) in [6, 6.07) is 6.04. The fraction of sp³-hybridized carbons (Fsp3) is 0.182. The molecule has 0 saturated carbocycles. The highest BCUT2D eigenvalue weighted by Crippen LogP contribution is 2.27. The number of benzene rings is 1. The van der Waals surface area contributed by atoms with Crippen molar-refractivity contribution in [3.05, 3.63) is 35.6 Å². The predicted octanol–water partition coefficient (Wildman–Crippen LogP) is 2.24. The lowest BCUT2D eigenvalue weighted by Crippen LogP contribution is -1.89. The molecule has 1 heterocycles. The highest BCUT2D eigenvalue weighted by molar-refractivity contribution is 5.64. The second-order valence-electron chi connectivity index (χ2n) is 3.43. The molecule has 0 aliphatic rings. The Kier molecular flexibility index (Phi) is 2.19. The number of rotatable bonds is 1. The highest BCUT2D eigenvalue weighted by Gasteiger charge is 2.12. The molecule has 2 aromatic rings. The van der Waals surface area contributed by atoms with E-state index in [4.69, 9.17) is 0 Å². The van der Waals surface area contributed by atoms with Crippen LogP contribution in [0.5, 0.6) is 5.88 Å². The summed E-state index contributed by atoms with van der Waals surface area (Å²) in [4.78, 5) is 0. The first-order chi connectivity index (χ1) is 7.09. The van der Waals surface area contributed by atoms with Gasteiger partial charge in [0.2, 0.25) is 5.88 Å². The van der Waals surface area contributed by atoms with Gasteiger partial charge in [-0.25, -0.2) is 9.07 Å². The van der Waals surface area contributed by atoms with Gasteiger partial charge in [-0.1, -0.05) is 0 Å². The Bertz CT molecular complexity index is 488. The molecule has 2 rings (SSSR count). The quantitative estimate of drug-likeness (QED) is 0.777. The van der Waals surface area contributed by atoms with Gasteiger partial charge in [0.1, 0.15) is 5.82 Å². The van der Waals surface area contributed by atoms with Crippen LogP contribution in [0.4, 0.5) is 4.39 Å². The Labute approximate surface area is 86.8 Å². The van der Waals surface area contributed by atoms with Gasteiger partial charge >= 0.3 is 0 Å². The largest absolute Gasteiger partial charge is 0.493 e. The molecule has 0 atom stereocenters. The van der Waals surface area contributed by atoms with Crippen LogP contribution in [0.3, 0.4) is 0 Å². The predicted molar refractivity (Wildman–Crippen MR) is 55.0 cm³/mol. The number of aromatic nitrogens is 2. The summed E-state index contributed by atoms with van der Waals surface area (Å²) in [6.07, 6.45) is 0. The maximum Gasteiger partial charge on any atom is 0.212 e. The number of aryl methyl sites for hydroxylation is 1. The molecule has 0 fully saturated rings. The van der Waals surface area contributed by atoms with Crippen LogP contribution in [-0.2, 0) is 7.05 Å². The van der Waals surface area contributed by atoms with Crippen molar-refractivity contribution in [2.45, 2.75) is 6.92 Å². The van der Waals surface area contributed by atoms with Crippen LogP contribution < -0.4 is 0 Å². The molecule has 1 aromatic carbocycles. The number of nitrogens with zero attached hydrogens (tertiary/aromatic N) is 2. The van der Waals surface area contributed by atoms with E-state index in [9.17, 15) is 9.50 Å². The molecular formula is C11H11FN2O. The summed E-state index contributed by atoms with van der Waals surface area (Å²) >= 11 is 0. The second kappa shape index (κ2) is 3.38. The third kappa shape index (κ3) is 1.58. The van der Waals surface area contributed by atoms with Crippen LogP contribution in [-0.4, -0.2) is 14.9 Å². The molecule has 0 aliphatic heterocycles. The smallest absolute Gasteiger partial charge is 0.212 e. The van der Waals surface area contributed by atoms with Crippen LogP contribution >= 0.6 is 0 Å². The van der Waals surface area contributed by atoms with Crippen molar-refractivity contribution in [2.75, 3.05) is 0 Å². The van der Waals surface area contributed by atoms with Crippen molar-refractivity contribution in [2.24, 2.45) is 7.05 Å². The second-order valence-corrected chi connectivity index (χ2v) is 3.43. The van der Waals surface area contributed by atoms with Crippen molar-refractivity contribution in [3.63, 3.8) is 0 Å². The average molecular weight is 206 g/mol. The normalized spacial score (nSPS) is 10.6. The molecule has 1 aromatic heterocycles. The van der Waals surface area contributed by atoms with Crippen LogP contribution in [0, 0.1) is 12.7 Å². The number of hydrogen-bond donors (Lipinski definition) is 1. The first kappa shape index (κ1) is 9.71. The molecule has 1 N–H and O–H groups in total. The van der Waals surface area contributed by atoms with Gasteiger partial charge in [0.05, 0.1) is 5.69 Å². The van der Waals surface area contributed by atoms with Gasteiger partial charge in [-0.2, -0.15) is 5.10 Å². The third-order valence-electron chi connectivity index (χ3n) is 2.36. The summed E-state index contributed by atoms with van der Waals surface area (Å²) in [5, 5.41) is 13.7. The topological polar surface area (TPSA) is 38.0 Å². The minimum Gasteiger partial charge on any atom is -0.493 e. The van der Waals surface area contributed by atoms with Gasteiger partial charge in [0.15, 0.2) is 0 Å². The lowest BCUT2D eigenvalue weighted by Gasteiger charge is -1.97. The zero-order chi connectivity index (χ0) is 11.0. The highest BCUT2D eigenvalue weighted by atomic mass is 19.1. The minimum absolute atomic E-state index is 0.134. The van der Waals surface area contributed by atoms with Crippen molar-refractivity contribution in [3.8, 4) is 17.1 Å². The molecule has 0 aliphatic carbocycles. The van der Waals surface area contributed by atoms with E-state index in [2.05, 4.69) is 5.10 Å². The van der Waals surface area contributed by atoms with E-state index in [0.29, 0.717) is 11.3 Å². The van der Waals surface area contributed by atoms with E-state index in [1.165, 1.54) is 16.8 Å². The molecule has 0 saturated heterocycles. The maximum atomic E-state index is 12.7. The van der Waals surface area contributed by atoms with Crippen molar-refractivity contribution < 1.29 is 9.50 Å². The first-order valence-corrected chi connectivity index (χ1v) is 4.58. The van der Waals surface area contributed by atoms with Crippen LogP contribution in [0.1, 0.15) is 5.56 Å². The maximum absolute atomic E-state index is 12.7. The monoisotopic (exact) mass is 206 g/mol. The molecule has 0 radical (unpaired) electrons. The Morgan fingerprint density at radius 1 is 1.27 bits per heavy atom. The van der Waals surface area contributed by atoms with Crippen LogP contribution in [0.15, 0.2) is 24.3 Å². The van der Waals surface area contributed by atoms with Gasteiger partial charge in [0, 0.05) is 18.2 Å². The van der Waals surface area contributed by atoms with Gasteiger partial charge in [-0.15, -0.1) is 0 Å². The molecule has 0 amide bonds. The summed E-state index contributed by atoms with van der Waals surface area (Å²) in [5.74, 6) is -0.147. The summed E-state index contributed by atoms with van der Waals surface area (Å²) in [7, 11) is 1.66. The Balaban J connectivity index is 2.54. The fourth-order valence-corrected chi connectivity index (χ4v) is 1.50. The molecule has 0 unspecified atom stereocenters. The average Bonchev–Trinajstić information content (AvgIpc) is 2.47. The van der Waals surface area contributed by atoms with Gasteiger partial charge in [0.25, 0.3) is 0 Å². The fourth-order valence-electron chi connectivity index (χ4n) is 1.50. The van der Waals surface area contributed by atoms with Gasteiger partial charge < -0.3 is 5.11 Å². The Hall–Kier alpha value is -1.84. The summed E-state index contributed by atoms with van der Waals surface area (Å²) in [5.41, 5.74) is 2.17. The van der Waals surface area contributed by atoms with Gasteiger partial charge in [-0.3, -0.25) is 0 Å². The van der Waals surface area contributed by atoms with Crippen molar-refractivity contribution >= 4 is 0 Å². The van der Waals surface area contributed by atoms with E-state index in [-0.39, 0.29) is 11.7 Å². The Morgan fingerprint density at radius 3 is 2.33 bits per heavy atom. The molecule has 15 heavy (non-hydrogen) atoms. The number of halogens is 1. The lowest BCUT2D eigenvalue weighted by atomic mass is 10.1. The van der Waals surface area contributed by atoms with Crippen molar-refractivity contribution in [1.82, 2.24) is 9.78 Å². The first-order valence-electron chi connectivity index (χ1n) is 4.58. The molecule has 78 valence electrons. The summed E-state index contributed by atoms with van der Waals surface area (Å²) < 4.78 is 14.1. The SMILES string of the molecule is Cc1c(-c2ccc(F)cc2)nn(C)c1O. The number of hydrogen-bond acceptors (Lipinski definition) is 2. The molecule has 0 bridgehead atoms.